The van der Waals surface area contributed by atoms with Gasteiger partial charge in [0.1, 0.15) is 0 Å². The molecule has 0 fully saturated rings. The van der Waals surface area contributed by atoms with Crippen LogP contribution in [0.25, 0.3) is 0 Å². The van der Waals surface area contributed by atoms with Gasteiger partial charge in [0, 0.05) is 12.2 Å². The van der Waals surface area contributed by atoms with Crippen molar-refractivity contribution in [3.63, 3.8) is 0 Å². The summed E-state index contributed by atoms with van der Waals surface area (Å²) in [6.07, 6.45) is 2.23. The Hall–Kier alpha value is -1.09. The molecule has 3 heteroatoms. The average molecular weight is 293 g/mol. The van der Waals surface area contributed by atoms with Gasteiger partial charge < -0.3 is 0 Å². The zero-order chi connectivity index (χ0) is 12.3. The van der Waals surface area contributed by atoms with Gasteiger partial charge in [0.05, 0.1) is 10.2 Å². The molecule has 0 unspecified atom stereocenters. The Morgan fingerprint density at radius 1 is 1.18 bits per heavy atom. The van der Waals surface area contributed by atoms with E-state index in [1.807, 2.05) is 6.92 Å². The Balaban J connectivity index is 1.92. The summed E-state index contributed by atoms with van der Waals surface area (Å²) in [5, 5.41) is 4.51. The summed E-state index contributed by atoms with van der Waals surface area (Å²) in [5.74, 6) is 0. The molecule has 0 atom stereocenters. The minimum absolute atomic E-state index is 0.979. The third kappa shape index (κ3) is 2.97. The highest BCUT2D eigenvalue weighted by molar-refractivity contribution is 9.10. The molecule has 0 aliphatic rings. The van der Waals surface area contributed by atoms with Gasteiger partial charge in [-0.2, -0.15) is 5.10 Å². The number of aromatic nitrogens is 2. The fourth-order valence-electron chi connectivity index (χ4n) is 1.97. The number of benzene rings is 1. The molecular weight excluding hydrogens is 276 g/mol. The lowest BCUT2D eigenvalue weighted by Gasteiger charge is -2.04. The minimum Gasteiger partial charge on any atom is -0.268 e. The fourth-order valence-corrected chi connectivity index (χ4v) is 2.25. The first kappa shape index (κ1) is 12.4. The van der Waals surface area contributed by atoms with Crippen LogP contribution in [0.5, 0.6) is 0 Å². The summed E-state index contributed by atoms with van der Waals surface area (Å²) in [6, 6.07) is 10.6. The Bertz CT molecular complexity index is 488. The van der Waals surface area contributed by atoms with Crippen LogP contribution in [0.15, 0.2) is 34.8 Å². The van der Waals surface area contributed by atoms with Crippen LogP contribution in [-0.2, 0) is 13.0 Å². The van der Waals surface area contributed by atoms with Gasteiger partial charge in [0.25, 0.3) is 0 Å². The highest BCUT2D eigenvalue weighted by atomic mass is 79.9. The van der Waals surface area contributed by atoms with Gasteiger partial charge in [-0.25, -0.2) is 0 Å². The Morgan fingerprint density at radius 2 is 1.88 bits per heavy atom. The third-order valence-electron chi connectivity index (χ3n) is 2.97. The summed E-state index contributed by atoms with van der Waals surface area (Å²) in [6.45, 7) is 5.12. The maximum Gasteiger partial charge on any atom is 0.0738 e. The predicted octanol–water partition coefficient (Wildman–Crippen LogP) is 3.90. The van der Waals surface area contributed by atoms with E-state index in [9.17, 15) is 0 Å². The normalized spacial score (nSPS) is 10.8. The van der Waals surface area contributed by atoms with Gasteiger partial charge in [-0.05, 0) is 48.2 Å². The average Bonchev–Trinajstić information content (AvgIpc) is 2.59. The van der Waals surface area contributed by atoms with Crippen LogP contribution >= 0.6 is 15.9 Å². The molecule has 0 radical (unpaired) electrons. The van der Waals surface area contributed by atoms with Crippen LogP contribution in [-0.4, -0.2) is 9.78 Å². The van der Waals surface area contributed by atoms with E-state index < -0.39 is 0 Å². The van der Waals surface area contributed by atoms with E-state index in [2.05, 4.69) is 63.0 Å². The fraction of sp³-hybridized carbons (Fsp3) is 0.357. The van der Waals surface area contributed by atoms with Gasteiger partial charge in [0.15, 0.2) is 0 Å². The third-order valence-corrected chi connectivity index (χ3v) is 4.12. The topological polar surface area (TPSA) is 17.8 Å². The van der Waals surface area contributed by atoms with Crippen LogP contribution in [0.1, 0.15) is 23.4 Å². The van der Waals surface area contributed by atoms with Gasteiger partial charge in [-0.1, -0.05) is 30.3 Å². The first-order valence-electron chi connectivity index (χ1n) is 5.92. The molecule has 17 heavy (non-hydrogen) atoms. The molecule has 0 bridgehead atoms. The van der Waals surface area contributed by atoms with Crippen molar-refractivity contribution in [3.05, 3.63) is 51.8 Å². The molecular formula is C14H17BrN2. The van der Waals surface area contributed by atoms with E-state index >= 15 is 0 Å². The number of aryl methyl sites for hydroxylation is 3. The smallest absolute Gasteiger partial charge is 0.0738 e. The molecule has 0 N–H and O–H groups in total. The highest BCUT2D eigenvalue weighted by Gasteiger charge is 2.07. The molecule has 2 aromatic rings. The van der Waals surface area contributed by atoms with Gasteiger partial charge in [-0.3, -0.25) is 4.68 Å². The second kappa shape index (κ2) is 5.50. The van der Waals surface area contributed by atoms with Crippen LogP contribution in [0, 0.1) is 13.8 Å². The second-order valence-electron chi connectivity index (χ2n) is 4.30. The predicted molar refractivity (Wildman–Crippen MR) is 74.2 cm³/mol. The molecule has 0 amide bonds. The van der Waals surface area contributed by atoms with Crippen molar-refractivity contribution in [2.75, 3.05) is 0 Å². The minimum atomic E-state index is 0.979. The van der Waals surface area contributed by atoms with Crippen molar-refractivity contribution >= 4 is 15.9 Å². The molecule has 1 heterocycles. The lowest BCUT2D eigenvalue weighted by Crippen LogP contribution is -2.03. The van der Waals surface area contributed by atoms with Crippen molar-refractivity contribution in [1.29, 1.82) is 0 Å². The van der Waals surface area contributed by atoms with E-state index in [1.54, 1.807) is 0 Å². The van der Waals surface area contributed by atoms with E-state index in [0.717, 1.165) is 29.6 Å². The monoisotopic (exact) mass is 292 g/mol. The lowest BCUT2D eigenvalue weighted by atomic mass is 10.1. The van der Waals surface area contributed by atoms with Crippen LogP contribution in [0.3, 0.4) is 0 Å². The van der Waals surface area contributed by atoms with Gasteiger partial charge in [-0.15, -0.1) is 0 Å². The maximum atomic E-state index is 4.51. The van der Waals surface area contributed by atoms with E-state index in [1.165, 1.54) is 11.3 Å². The zero-order valence-electron chi connectivity index (χ0n) is 10.3. The summed E-state index contributed by atoms with van der Waals surface area (Å²) >= 11 is 3.55. The van der Waals surface area contributed by atoms with Crippen molar-refractivity contribution in [2.45, 2.75) is 33.2 Å². The maximum absolute atomic E-state index is 4.51. The summed E-state index contributed by atoms with van der Waals surface area (Å²) in [5.41, 5.74) is 3.69. The Morgan fingerprint density at radius 3 is 2.47 bits per heavy atom. The number of halogens is 1. The molecule has 0 saturated carbocycles. The van der Waals surface area contributed by atoms with E-state index in [4.69, 9.17) is 0 Å². The van der Waals surface area contributed by atoms with Crippen molar-refractivity contribution in [3.8, 4) is 0 Å². The van der Waals surface area contributed by atoms with Crippen molar-refractivity contribution < 1.29 is 0 Å². The van der Waals surface area contributed by atoms with Gasteiger partial charge >= 0.3 is 0 Å². The van der Waals surface area contributed by atoms with Crippen molar-refractivity contribution in [1.82, 2.24) is 9.78 Å². The first-order valence-corrected chi connectivity index (χ1v) is 6.71. The first-order chi connectivity index (χ1) is 8.18. The molecule has 0 aliphatic carbocycles. The zero-order valence-corrected chi connectivity index (χ0v) is 11.9. The van der Waals surface area contributed by atoms with Crippen LogP contribution in [0.2, 0.25) is 0 Å². The molecule has 1 aromatic heterocycles. The molecule has 0 spiro atoms. The molecule has 2 rings (SSSR count). The molecule has 90 valence electrons. The highest BCUT2D eigenvalue weighted by Crippen LogP contribution is 2.20. The summed E-state index contributed by atoms with van der Waals surface area (Å²) in [7, 11) is 0. The van der Waals surface area contributed by atoms with Crippen molar-refractivity contribution in [2.24, 2.45) is 0 Å². The number of hydrogen-bond acceptors (Lipinski definition) is 1. The van der Waals surface area contributed by atoms with E-state index in [-0.39, 0.29) is 0 Å². The number of nitrogens with zero attached hydrogens (tertiary/aromatic N) is 2. The quantitative estimate of drug-likeness (QED) is 0.836. The SMILES string of the molecule is Cc1nn(CCCc2ccccc2)c(C)c1Br. The largest absolute Gasteiger partial charge is 0.268 e. The summed E-state index contributed by atoms with van der Waals surface area (Å²) in [4.78, 5) is 0. The molecule has 0 aliphatic heterocycles. The Kier molecular flexibility index (Phi) is 4.00. The lowest BCUT2D eigenvalue weighted by molar-refractivity contribution is 0.562. The van der Waals surface area contributed by atoms with E-state index in [0.29, 0.717) is 0 Å². The second-order valence-corrected chi connectivity index (χ2v) is 5.09. The van der Waals surface area contributed by atoms with Crippen LogP contribution in [0.4, 0.5) is 0 Å². The summed E-state index contributed by atoms with van der Waals surface area (Å²) < 4.78 is 3.22. The molecule has 0 saturated heterocycles. The molecule has 2 nitrogen and oxygen atoms in total. The van der Waals surface area contributed by atoms with Gasteiger partial charge in [0.2, 0.25) is 0 Å². The molecule has 1 aromatic carbocycles. The Labute approximate surface area is 111 Å². The van der Waals surface area contributed by atoms with Crippen LogP contribution < -0.4 is 0 Å². The number of hydrogen-bond donors (Lipinski definition) is 0. The number of rotatable bonds is 4. The standard InChI is InChI=1S/C14H17BrN2/c1-11-14(15)12(2)17(16-11)10-6-9-13-7-4-3-5-8-13/h3-5,7-8H,6,9-10H2,1-2H3.